The second kappa shape index (κ2) is 8.73. The van der Waals surface area contributed by atoms with E-state index >= 15 is 0 Å². The van der Waals surface area contributed by atoms with Crippen LogP contribution in [0.25, 0.3) is 0 Å². The fraction of sp³-hybridized carbons (Fsp3) is 0.263. The number of amides is 1. The van der Waals surface area contributed by atoms with Crippen molar-refractivity contribution in [3.8, 4) is 11.5 Å². The van der Waals surface area contributed by atoms with Crippen LogP contribution in [0, 0.1) is 0 Å². The Labute approximate surface area is 146 Å². The van der Waals surface area contributed by atoms with Crippen LogP contribution in [0.1, 0.15) is 24.2 Å². The van der Waals surface area contributed by atoms with Crippen LogP contribution in [-0.2, 0) is 9.53 Å². The Hall–Kier alpha value is -3.02. The Morgan fingerprint density at radius 3 is 2.36 bits per heavy atom. The van der Waals surface area contributed by atoms with E-state index in [1.165, 1.54) is 14.0 Å². The number of para-hydroxylation sites is 3. The van der Waals surface area contributed by atoms with Crippen molar-refractivity contribution >= 4 is 17.6 Å². The third-order valence-corrected chi connectivity index (χ3v) is 3.42. The summed E-state index contributed by atoms with van der Waals surface area (Å²) in [6.07, 6.45) is -0.980. The minimum absolute atomic E-state index is 0.279. The summed E-state index contributed by atoms with van der Waals surface area (Å²) in [6.45, 7) is 3.76. The molecule has 0 heterocycles. The van der Waals surface area contributed by atoms with E-state index < -0.39 is 18.0 Å². The molecule has 0 bridgehead atoms. The zero-order valence-electron chi connectivity index (χ0n) is 14.4. The highest BCUT2D eigenvalue weighted by Gasteiger charge is 2.22. The van der Waals surface area contributed by atoms with Crippen molar-refractivity contribution < 1.29 is 23.8 Å². The Morgan fingerprint density at radius 2 is 1.68 bits per heavy atom. The Morgan fingerprint density at radius 1 is 1.04 bits per heavy atom. The number of carbonyl (C=O) groups excluding carboxylic acids is 2. The van der Waals surface area contributed by atoms with E-state index in [9.17, 15) is 9.59 Å². The molecule has 0 aromatic heterocycles. The molecule has 1 amide bonds. The molecule has 0 aliphatic carbocycles. The Kier molecular flexibility index (Phi) is 6.39. The predicted molar refractivity (Wildman–Crippen MR) is 94.1 cm³/mol. The predicted octanol–water partition coefficient (Wildman–Crippen LogP) is 3.28. The van der Waals surface area contributed by atoms with E-state index in [1.54, 1.807) is 48.5 Å². The molecular formula is C19H21NO5. The summed E-state index contributed by atoms with van der Waals surface area (Å²) in [5.74, 6) is -0.123. The number of rotatable bonds is 7. The zero-order valence-corrected chi connectivity index (χ0v) is 14.4. The van der Waals surface area contributed by atoms with Crippen molar-refractivity contribution in [1.29, 1.82) is 0 Å². The van der Waals surface area contributed by atoms with Crippen LogP contribution in [0.15, 0.2) is 48.5 Å². The lowest BCUT2D eigenvalue weighted by Crippen LogP contribution is -2.30. The van der Waals surface area contributed by atoms with Crippen molar-refractivity contribution in [2.45, 2.75) is 20.0 Å². The standard InChI is InChI=1S/C19H21NO5/c1-4-24-16-11-7-5-9-14(16)19(22)25-13(2)18(21)20-15-10-6-8-12-17(15)23-3/h5-13H,4H2,1-3H3,(H,20,21)/t13-/m1/s1. The number of carbonyl (C=O) groups is 2. The average Bonchev–Trinajstić information content (AvgIpc) is 2.62. The van der Waals surface area contributed by atoms with E-state index in [-0.39, 0.29) is 5.56 Å². The van der Waals surface area contributed by atoms with Gasteiger partial charge in [-0.3, -0.25) is 4.79 Å². The van der Waals surface area contributed by atoms with Crippen LogP contribution < -0.4 is 14.8 Å². The van der Waals surface area contributed by atoms with Crippen LogP contribution in [0.5, 0.6) is 11.5 Å². The van der Waals surface area contributed by atoms with Crippen molar-refractivity contribution in [2.75, 3.05) is 19.0 Å². The van der Waals surface area contributed by atoms with Crippen LogP contribution in [0.2, 0.25) is 0 Å². The molecule has 0 aliphatic rings. The normalized spacial score (nSPS) is 11.3. The quantitative estimate of drug-likeness (QED) is 0.781. The number of esters is 1. The number of hydrogen-bond acceptors (Lipinski definition) is 5. The van der Waals surface area contributed by atoms with E-state index in [2.05, 4.69) is 5.32 Å². The summed E-state index contributed by atoms with van der Waals surface area (Å²) in [7, 11) is 1.51. The summed E-state index contributed by atoms with van der Waals surface area (Å²) in [5, 5.41) is 2.69. The number of hydrogen-bond donors (Lipinski definition) is 1. The molecule has 132 valence electrons. The molecule has 2 rings (SSSR count). The van der Waals surface area contributed by atoms with Crippen LogP contribution in [0.4, 0.5) is 5.69 Å². The third-order valence-electron chi connectivity index (χ3n) is 3.42. The van der Waals surface area contributed by atoms with Gasteiger partial charge in [-0.25, -0.2) is 4.79 Å². The first-order valence-corrected chi connectivity index (χ1v) is 7.93. The average molecular weight is 343 g/mol. The van der Waals surface area contributed by atoms with Crippen molar-refractivity contribution in [3.05, 3.63) is 54.1 Å². The molecule has 25 heavy (non-hydrogen) atoms. The molecule has 6 nitrogen and oxygen atoms in total. The van der Waals surface area contributed by atoms with Gasteiger partial charge in [0.1, 0.15) is 17.1 Å². The summed E-state index contributed by atoms with van der Waals surface area (Å²) in [6, 6.07) is 13.7. The monoisotopic (exact) mass is 343 g/mol. The van der Waals surface area contributed by atoms with Gasteiger partial charge in [0.05, 0.1) is 19.4 Å². The van der Waals surface area contributed by atoms with Gasteiger partial charge in [0, 0.05) is 0 Å². The lowest BCUT2D eigenvalue weighted by atomic mass is 10.2. The summed E-state index contributed by atoms with van der Waals surface area (Å²) in [5.41, 5.74) is 0.786. The first-order valence-electron chi connectivity index (χ1n) is 7.93. The second-order valence-corrected chi connectivity index (χ2v) is 5.17. The van der Waals surface area contributed by atoms with Gasteiger partial charge in [0.25, 0.3) is 5.91 Å². The number of methoxy groups -OCH3 is 1. The van der Waals surface area contributed by atoms with Crippen LogP contribution >= 0.6 is 0 Å². The molecule has 0 radical (unpaired) electrons. The van der Waals surface area contributed by atoms with Crippen molar-refractivity contribution in [2.24, 2.45) is 0 Å². The molecule has 0 saturated carbocycles. The molecule has 2 aromatic carbocycles. The lowest BCUT2D eigenvalue weighted by Gasteiger charge is -2.16. The molecule has 0 fully saturated rings. The van der Waals surface area contributed by atoms with Crippen LogP contribution in [-0.4, -0.2) is 31.7 Å². The molecular weight excluding hydrogens is 322 g/mol. The highest BCUT2D eigenvalue weighted by atomic mass is 16.5. The fourth-order valence-corrected chi connectivity index (χ4v) is 2.18. The minimum Gasteiger partial charge on any atom is -0.495 e. The topological polar surface area (TPSA) is 73.9 Å². The first kappa shape index (κ1) is 18.3. The molecule has 0 unspecified atom stereocenters. The SMILES string of the molecule is CCOc1ccccc1C(=O)O[C@H](C)C(=O)Nc1ccccc1OC. The van der Waals surface area contributed by atoms with Gasteiger partial charge in [-0.1, -0.05) is 24.3 Å². The van der Waals surface area contributed by atoms with Crippen molar-refractivity contribution in [3.63, 3.8) is 0 Å². The molecule has 0 saturated heterocycles. The molecule has 0 aliphatic heterocycles. The fourth-order valence-electron chi connectivity index (χ4n) is 2.18. The minimum atomic E-state index is -0.980. The smallest absolute Gasteiger partial charge is 0.342 e. The van der Waals surface area contributed by atoms with Gasteiger partial charge in [-0.15, -0.1) is 0 Å². The lowest BCUT2D eigenvalue weighted by molar-refractivity contribution is -0.123. The number of ether oxygens (including phenoxy) is 3. The van der Waals surface area contributed by atoms with Gasteiger partial charge >= 0.3 is 5.97 Å². The van der Waals surface area contributed by atoms with E-state index in [1.807, 2.05) is 6.92 Å². The Bertz CT molecular complexity index is 744. The van der Waals surface area contributed by atoms with E-state index in [0.717, 1.165) is 0 Å². The van der Waals surface area contributed by atoms with Crippen LogP contribution in [0.3, 0.4) is 0 Å². The van der Waals surface area contributed by atoms with Gasteiger partial charge < -0.3 is 19.5 Å². The Balaban J connectivity index is 2.05. The van der Waals surface area contributed by atoms with Gasteiger partial charge in [-0.2, -0.15) is 0 Å². The van der Waals surface area contributed by atoms with Crippen molar-refractivity contribution in [1.82, 2.24) is 0 Å². The molecule has 2 aromatic rings. The maximum absolute atomic E-state index is 12.3. The second-order valence-electron chi connectivity index (χ2n) is 5.17. The molecule has 0 spiro atoms. The highest BCUT2D eigenvalue weighted by molar-refractivity contribution is 5.99. The van der Waals surface area contributed by atoms with E-state index in [4.69, 9.17) is 14.2 Å². The van der Waals surface area contributed by atoms with E-state index in [0.29, 0.717) is 23.8 Å². The maximum Gasteiger partial charge on any atom is 0.342 e. The maximum atomic E-state index is 12.3. The van der Waals surface area contributed by atoms with Gasteiger partial charge in [-0.05, 0) is 38.1 Å². The third kappa shape index (κ3) is 4.73. The van der Waals surface area contributed by atoms with Gasteiger partial charge in [0.15, 0.2) is 6.10 Å². The largest absolute Gasteiger partial charge is 0.495 e. The number of nitrogens with one attached hydrogen (secondary N) is 1. The first-order chi connectivity index (χ1) is 12.1. The molecule has 1 N–H and O–H groups in total. The summed E-state index contributed by atoms with van der Waals surface area (Å²) in [4.78, 5) is 24.6. The van der Waals surface area contributed by atoms with Gasteiger partial charge in [0.2, 0.25) is 0 Å². The molecule has 6 heteroatoms. The summed E-state index contributed by atoms with van der Waals surface area (Å²) < 4.78 is 15.8. The summed E-state index contributed by atoms with van der Waals surface area (Å²) >= 11 is 0. The number of benzene rings is 2. The zero-order chi connectivity index (χ0) is 18.2. The molecule has 1 atom stereocenters. The number of anilines is 1. The highest BCUT2D eigenvalue weighted by Crippen LogP contribution is 2.24.